The molecule has 1 spiro atoms. The fraction of sp³-hybridized carbons (Fsp3) is 0.432. The van der Waals surface area contributed by atoms with E-state index >= 15 is 0 Å². The van der Waals surface area contributed by atoms with Gasteiger partial charge in [0.1, 0.15) is 11.9 Å². The summed E-state index contributed by atoms with van der Waals surface area (Å²) >= 11 is 0. The summed E-state index contributed by atoms with van der Waals surface area (Å²) in [5.74, 6) is -1.27. The molecule has 0 radical (unpaired) electrons. The van der Waals surface area contributed by atoms with E-state index < -0.39 is 53.4 Å². The summed E-state index contributed by atoms with van der Waals surface area (Å²) < 4.78 is 101. The van der Waals surface area contributed by atoms with Gasteiger partial charge < -0.3 is 10.0 Å². The lowest BCUT2D eigenvalue weighted by molar-refractivity contribution is -0.448. The lowest BCUT2D eigenvalue weighted by Crippen LogP contribution is -2.33. The van der Waals surface area contributed by atoms with Crippen LogP contribution in [-0.4, -0.2) is 85.0 Å². The molecule has 7 rings (SSSR count). The summed E-state index contributed by atoms with van der Waals surface area (Å²) in [5, 5.41) is 10.7. The van der Waals surface area contributed by atoms with E-state index in [1.54, 1.807) is 6.07 Å². The van der Waals surface area contributed by atoms with E-state index in [1.165, 1.54) is 12.1 Å². The Hall–Kier alpha value is -3.44. The highest BCUT2D eigenvalue weighted by Gasteiger charge is 2.56. The highest BCUT2D eigenvalue weighted by atomic mass is 32.2. The van der Waals surface area contributed by atoms with Crippen LogP contribution in [0.2, 0.25) is 0 Å². The fourth-order valence-electron chi connectivity index (χ4n) is 8.70. The summed E-state index contributed by atoms with van der Waals surface area (Å²) in [7, 11) is -13.1. The number of β-amino-alcohol motifs (C(OH)–C–C–N with tert-alkyl or cyclic N) is 1. The number of aryl methyl sites for hydroxylation is 1. The van der Waals surface area contributed by atoms with Gasteiger partial charge in [0.25, 0.3) is 30.4 Å². The molecule has 2 fully saturated rings. The quantitative estimate of drug-likeness (QED) is 0.189. The Labute approximate surface area is 304 Å². The van der Waals surface area contributed by atoms with Gasteiger partial charge in [-0.1, -0.05) is 23.8 Å². The standard InChI is InChI=1S/C37H42N2O10S3/c1-24-6-9-32-30(18-24)36(2)13-12-27(35(36)39(32)22-28(40)23-51(44,45)46)20-26-5-3-4-25(19-26)7-11-34-37(14-15-37)31-21-29(52(47,48)49)8-10-33(31)38(34)16-17-50(41,42)43/h6-11,18-21,28,40H,3-5,12-17,22-23H2,1-2H3,(H2-,41,42,43,44,45,46,47,48,49)/p+1. The molecular weight excluding hydrogens is 729 g/mol. The number of benzene rings is 2. The number of aliphatic hydroxyl groups is 1. The molecule has 2 atom stereocenters. The summed E-state index contributed by atoms with van der Waals surface area (Å²) in [5.41, 5.74) is 8.75. The maximum absolute atomic E-state index is 12.0. The first-order chi connectivity index (χ1) is 24.3. The molecule has 2 aromatic rings. The second-order valence-corrected chi connectivity index (χ2v) is 19.4. The van der Waals surface area contributed by atoms with Crippen molar-refractivity contribution >= 4 is 47.4 Å². The summed E-state index contributed by atoms with van der Waals surface area (Å²) in [6, 6.07) is 10.5. The largest absolute Gasteiger partial charge is 0.385 e. The van der Waals surface area contributed by atoms with Gasteiger partial charge in [0.05, 0.1) is 16.1 Å². The lowest BCUT2D eigenvalue weighted by atomic mass is 9.80. The van der Waals surface area contributed by atoms with Crippen molar-refractivity contribution in [3.05, 3.63) is 99.8 Å². The van der Waals surface area contributed by atoms with E-state index in [9.17, 15) is 44.0 Å². The minimum absolute atomic E-state index is 0.0137. The number of rotatable bonds is 10. The average Bonchev–Trinajstić information content (AvgIpc) is 3.64. The molecule has 2 heterocycles. The Morgan fingerprint density at radius 1 is 0.904 bits per heavy atom. The minimum Gasteiger partial charge on any atom is -0.385 e. The molecule has 0 bridgehead atoms. The van der Waals surface area contributed by atoms with Crippen molar-refractivity contribution < 1.29 is 48.6 Å². The van der Waals surface area contributed by atoms with Crippen molar-refractivity contribution in [2.45, 2.75) is 80.6 Å². The van der Waals surface area contributed by atoms with Crippen LogP contribution in [0.3, 0.4) is 0 Å². The maximum Gasteiger partial charge on any atom is 0.294 e. The molecule has 4 N–H and O–H groups in total. The lowest BCUT2D eigenvalue weighted by Gasteiger charge is -2.23. The second kappa shape index (κ2) is 12.9. The van der Waals surface area contributed by atoms with Gasteiger partial charge in [-0.3, -0.25) is 13.7 Å². The highest BCUT2D eigenvalue weighted by Crippen LogP contribution is 2.62. The topological polar surface area (TPSA) is 190 Å². The van der Waals surface area contributed by atoms with E-state index in [0.29, 0.717) is 24.1 Å². The zero-order valence-corrected chi connectivity index (χ0v) is 31.4. The van der Waals surface area contributed by atoms with Gasteiger partial charge in [0.2, 0.25) is 5.69 Å². The Bertz CT molecular complexity index is 2370. The summed E-state index contributed by atoms with van der Waals surface area (Å²) in [6.45, 7) is 4.19. The molecule has 2 aromatic carbocycles. The molecule has 52 heavy (non-hydrogen) atoms. The predicted molar refractivity (Wildman–Crippen MR) is 197 cm³/mol. The normalized spacial score (nSPS) is 25.2. The predicted octanol–water partition coefficient (Wildman–Crippen LogP) is 4.93. The van der Waals surface area contributed by atoms with Crippen LogP contribution < -0.4 is 4.90 Å². The highest BCUT2D eigenvalue weighted by molar-refractivity contribution is 7.86. The van der Waals surface area contributed by atoms with Gasteiger partial charge in [0.15, 0.2) is 12.3 Å². The van der Waals surface area contributed by atoms with Crippen LogP contribution in [0.4, 0.5) is 11.4 Å². The van der Waals surface area contributed by atoms with E-state index in [0.717, 1.165) is 77.0 Å². The molecule has 0 amide bonds. The van der Waals surface area contributed by atoms with Crippen LogP contribution >= 0.6 is 0 Å². The molecule has 5 aliphatic rings. The van der Waals surface area contributed by atoms with Gasteiger partial charge >= 0.3 is 0 Å². The van der Waals surface area contributed by atoms with Crippen molar-refractivity contribution in [3.63, 3.8) is 0 Å². The number of nitrogens with zero attached hydrogens (tertiary/aromatic N) is 2. The number of anilines is 1. The molecule has 2 aliphatic heterocycles. The number of hydrogen-bond acceptors (Lipinski definition) is 8. The molecule has 278 valence electrons. The number of hydrogen-bond donors (Lipinski definition) is 4. The van der Waals surface area contributed by atoms with Crippen LogP contribution in [0.25, 0.3) is 0 Å². The SMILES string of the molecule is Cc1ccc2c(c1)C1(C)CC/C(=C\C3=CC(=C/C=C4\N(CCS(=O)(=O)O)c5ccc(S(=O)(=O)O)cc5C45CC5)/CCC3)C1=[N+]2CC(O)CS(=O)(=O)O. The second-order valence-electron chi connectivity index (χ2n) is 14.9. The first-order valence-corrected chi connectivity index (χ1v) is 22.0. The van der Waals surface area contributed by atoms with Crippen LogP contribution in [0.1, 0.15) is 68.6 Å². The van der Waals surface area contributed by atoms with Crippen LogP contribution in [0, 0.1) is 6.92 Å². The first-order valence-electron chi connectivity index (χ1n) is 17.3. The Morgan fingerprint density at radius 2 is 1.65 bits per heavy atom. The zero-order chi connectivity index (χ0) is 37.4. The van der Waals surface area contributed by atoms with Gasteiger partial charge in [-0.25, -0.2) is 0 Å². The van der Waals surface area contributed by atoms with Crippen molar-refractivity contribution in [3.8, 4) is 0 Å². The Kier molecular flexibility index (Phi) is 9.12. The van der Waals surface area contributed by atoms with Crippen molar-refractivity contribution in [1.29, 1.82) is 0 Å². The minimum atomic E-state index is -4.46. The van der Waals surface area contributed by atoms with Crippen LogP contribution in [0.15, 0.2) is 88.0 Å². The van der Waals surface area contributed by atoms with Crippen LogP contribution in [-0.2, 0) is 41.2 Å². The van der Waals surface area contributed by atoms with E-state index in [-0.39, 0.29) is 23.4 Å². The maximum atomic E-state index is 12.0. The van der Waals surface area contributed by atoms with Crippen LogP contribution in [0.5, 0.6) is 0 Å². The third-order valence-electron chi connectivity index (χ3n) is 11.1. The third kappa shape index (κ3) is 6.99. The van der Waals surface area contributed by atoms with Crippen molar-refractivity contribution in [2.24, 2.45) is 0 Å². The van der Waals surface area contributed by atoms with Crippen molar-refractivity contribution in [2.75, 3.05) is 29.5 Å². The fourth-order valence-corrected chi connectivity index (χ4v) is 10.2. The Balaban J connectivity index is 1.24. The molecule has 3 aliphatic carbocycles. The number of allylic oxidation sites excluding steroid dienone is 8. The van der Waals surface area contributed by atoms with E-state index in [1.807, 2.05) is 40.7 Å². The van der Waals surface area contributed by atoms with Gasteiger partial charge in [0, 0.05) is 40.5 Å². The van der Waals surface area contributed by atoms with E-state index in [2.05, 4.69) is 25.1 Å². The molecule has 2 saturated carbocycles. The summed E-state index contributed by atoms with van der Waals surface area (Å²) in [4.78, 5) is 1.59. The average molecular weight is 772 g/mol. The molecule has 15 heteroatoms. The zero-order valence-electron chi connectivity index (χ0n) is 29.0. The van der Waals surface area contributed by atoms with E-state index in [4.69, 9.17) is 0 Å². The van der Waals surface area contributed by atoms with Gasteiger partial charge in [-0.15, -0.1) is 0 Å². The molecule has 2 unspecified atom stereocenters. The molecule has 12 nitrogen and oxygen atoms in total. The Morgan fingerprint density at radius 3 is 2.33 bits per heavy atom. The third-order valence-corrected chi connectivity index (χ3v) is 13.5. The first kappa shape index (κ1) is 36.9. The van der Waals surface area contributed by atoms with Gasteiger partial charge in [-0.05, 0) is 112 Å². The molecule has 0 aromatic heterocycles. The van der Waals surface area contributed by atoms with Gasteiger partial charge in [-0.2, -0.15) is 29.8 Å². The number of aliphatic hydroxyl groups excluding tert-OH is 1. The van der Waals surface area contributed by atoms with Crippen molar-refractivity contribution in [1.82, 2.24) is 0 Å². The monoisotopic (exact) mass is 771 g/mol. The molecular formula is C37H43N2O10S3+. The molecule has 0 saturated heterocycles. The smallest absolute Gasteiger partial charge is 0.294 e. The number of fused-ring (bicyclic) bond motifs is 5. The summed E-state index contributed by atoms with van der Waals surface area (Å²) in [6.07, 6.45) is 12.6.